The van der Waals surface area contributed by atoms with Crippen molar-refractivity contribution in [3.8, 4) is 0 Å². The van der Waals surface area contributed by atoms with Crippen LogP contribution in [0.3, 0.4) is 0 Å². The Morgan fingerprint density at radius 3 is 2.38 bits per heavy atom. The van der Waals surface area contributed by atoms with Gasteiger partial charge in [-0.15, -0.1) is 0 Å². The largest absolute Gasteiger partial charge is 0.481 e. The van der Waals surface area contributed by atoms with E-state index in [-0.39, 0.29) is 11.8 Å². The summed E-state index contributed by atoms with van der Waals surface area (Å²) >= 11 is 1.57. The summed E-state index contributed by atoms with van der Waals surface area (Å²) in [5, 5.41) is 13.0. The van der Waals surface area contributed by atoms with E-state index in [1.807, 2.05) is 31.5 Å². The number of carboxylic acid groups (broad SMARTS) is 1. The van der Waals surface area contributed by atoms with Crippen LogP contribution in [0.2, 0.25) is 0 Å². The fourth-order valence-corrected chi connectivity index (χ4v) is 2.35. The van der Waals surface area contributed by atoms with Gasteiger partial charge in [-0.1, -0.05) is 13.8 Å². The van der Waals surface area contributed by atoms with Gasteiger partial charge in [0.25, 0.3) is 0 Å². The van der Waals surface area contributed by atoms with E-state index < -0.39 is 5.97 Å². The summed E-state index contributed by atoms with van der Waals surface area (Å²) < 4.78 is 0. The lowest BCUT2D eigenvalue weighted by atomic mass is 9.88. The molecule has 1 N–H and O–H groups in total. The van der Waals surface area contributed by atoms with Crippen LogP contribution in [0.25, 0.3) is 0 Å². The Balaban J connectivity index is 3.02. The Morgan fingerprint density at radius 1 is 1.46 bits per heavy atom. The van der Waals surface area contributed by atoms with E-state index in [1.165, 1.54) is 0 Å². The zero-order chi connectivity index (χ0) is 10.0. The molecule has 1 heterocycles. The highest BCUT2D eigenvalue weighted by Gasteiger charge is 2.25. The summed E-state index contributed by atoms with van der Waals surface area (Å²) in [5.74, 6) is -0.937. The molecule has 0 spiro atoms. The van der Waals surface area contributed by atoms with Crippen LogP contribution >= 0.6 is 11.3 Å². The SMILES string of the molecule is Cc1cscc1C(C(=O)O)C(C)C. The van der Waals surface area contributed by atoms with Gasteiger partial charge in [0.05, 0.1) is 5.92 Å². The maximum absolute atomic E-state index is 11.0. The van der Waals surface area contributed by atoms with Gasteiger partial charge in [0.2, 0.25) is 0 Å². The van der Waals surface area contributed by atoms with Gasteiger partial charge in [-0.2, -0.15) is 11.3 Å². The summed E-state index contributed by atoms with van der Waals surface area (Å²) in [5.41, 5.74) is 2.05. The summed E-state index contributed by atoms with van der Waals surface area (Å²) in [4.78, 5) is 11.0. The molecule has 0 aliphatic rings. The standard InChI is InChI=1S/C10H14O2S/c1-6(2)9(10(11)12)8-5-13-4-7(8)3/h4-6,9H,1-3H3,(H,11,12). The van der Waals surface area contributed by atoms with E-state index in [9.17, 15) is 4.79 Å². The van der Waals surface area contributed by atoms with Crippen molar-refractivity contribution in [3.05, 3.63) is 21.9 Å². The molecule has 13 heavy (non-hydrogen) atoms. The molecular weight excluding hydrogens is 184 g/mol. The molecule has 0 fully saturated rings. The molecule has 1 atom stereocenters. The average molecular weight is 198 g/mol. The first kappa shape index (κ1) is 10.3. The van der Waals surface area contributed by atoms with Crippen LogP contribution in [-0.2, 0) is 4.79 Å². The predicted molar refractivity (Wildman–Crippen MR) is 54.3 cm³/mol. The Hall–Kier alpha value is -0.830. The smallest absolute Gasteiger partial charge is 0.311 e. The maximum Gasteiger partial charge on any atom is 0.311 e. The number of hydrogen-bond donors (Lipinski definition) is 1. The first-order chi connectivity index (χ1) is 6.04. The molecule has 0 amide bonds. The molecule has 1 aromatic rings. The van der Waals surface area contributed by atoms with E-state index in [0.717, 1.165) is 11.1 Å². The van der Waals surface area contributed by atoms with Crippen LogP contribution in [0.5, 0.6) is 0 Å². The topological polar surface area (TPSA) is 37.3 Å². The van der Waals surface area contributed by atoms with Crippen molar-refractivity contribution in [1.82, 2.24) is 0 Å². The second kappa shape index (κ2) is 3.92. The minimum absolute atomic E-state index is 0.144. The number of thiophene rings is 1. The van der Waals surface area contributed by atoms with Crippen LogP contribution in [0, 0.1) is 12.8 Å². The summed E-state index contributed by atoms with van der Waals surface area (Å²) in [6.45, 7) is 5.84. The first-order valence-corrected chi connectivity index (χ1v) is 5.23. The molecule has 72 valence electrons. The van der Waals surface area contributed by atoms with Gasteiger partial charge >= 0.3 is 5.97 Å². The summed E-state index contributed by atoms with van der Waals surface area (Å²) in [7, 11) is 0. The monoisotopic (exact) mass is 198 g/mol. The fraction of sp³-hybridized carbons (Fsp3) is 0.500. The normalized spacial score (nSPS) is 13.2. The Bertz CT molecular complexity index is 302. The van der Waals surface area contributed by atoms with Gasteiger partial charge in [0.1, 0.15) is 0 Å². The molecule has 0 bridgehead atoms. The van der Waals surface area contributed by atoms with Gasteiger partial charge in [-0.05, 0) is 34.7 Å². The van der Waals surface area contributed by atoms with Crippen LogP contribution in [-0.4, -0.2) is 11.1 Å². The van der Waals surface area contributed by atoms with Crippen LogP contribution in [0.1, 0.15) is 30.9 Å². The average Bonchev–Trinajstić information content (AvgIpc) is 2.35. The Kier molecular flexibility index (Phi) is 3.09. The summed E-state index contributed by atoms with van der Waals surface area (Å²) in [6, 6.07) is 0. The number of aliphatic carboxylic acids is 1. The molecule has 0 saturated heterocycles. The van der Waals surface area contributed by atoms with E-state index >= 15 is 0 Å². The fourth-order valence-electron chi connectivity index (χ4n) is 1.47. The molecule has 0 aromatic carbocycles. The zero-order valence-corrected chi connectivity index (χ0v) is 8.89. The molecule has 0 radical (unpaired) electrons. The lowest BCUT2D eigenvalue weighted by molar-refractivity contribution is -0.139. The van der Waals surface area contributed by atoms with Crippen molar-refractivity contribution in [3.63, 3.8) is 0 Å². The second-order valence-corrected chi connectivity index (χ2v) is 4.31. The Labute approximate surface area is 82.2 Å². The van der Waals surface area contributed by atoms with E-state index in [4.69, 9.17) is 5.11 Å². The van der Waals surface area contributed by atoms with Crippen molar-refractivity contribution in [2.24, 2.45) is 5.92 Å². The number of hydrogen-bond acceptors (Lipinski definition) is 2. The van der Waals surface area contributed by atoms with Gasteiger partial charge in [0, 0.05) is 0 Å². The molecule has 1 unspecified atom stereocenters. The van der Waals surface area contributed by atoms with Gasteiger partial charge < -0.3 is 5.11 Å². The highest BCUT2D eigenvalue weighted by molar-refractivity contribution is 7.08. The zero-order valence-electron chi connectivity index (χ0n) is 8.07. The molecular formula is C10H14O2S. The van der Waals surface area contributed by atoms with Crippen molar-refractivity contribution < 1.29 is 9.90 Å². The second-order valence-electron chi connectivity index (χ2n) is 3.57. The molecule has 0 saturated carbocycles. The Morgan fingerprint density at radius 2 is 2.08 bits per heavy atom. The predicted octanol–water partition coefficient (Wildman–Crippen LogP) is 2.88. The van der Waals surface area contributed by atoms with E-state index in [1.54, 1.807) is 11.3 Å². The van der Waals surface area contributed by atoms with Crippen LogP contribution in [0.15, 0.2) is 10.8 Å². The van der Waals surface area contributed by atoms with Crippen molar-refractivity contribution in [2.45, 2.75) is 26.7 Å². The molecule has 0 aliphatic carbocycles. The summed E-state index contributed by atoms with van der Waals surface area (Å²) in [6.07, 6.45) is 0. The quantitative estimate of drug-likeness (QED) is 0.810. The lowest BCUT2D eigenvalue weighted by Crippen LogP contribution is -2.17. The third-order valence-corrected chi connectivity index (χ3v) is 3.04. The van der Waals surface area contributed by atoms with Crippen LogP contribution in [0.4, 0.5) is 0 Å². The van der Waals surface area contributed by atoms with Crippen molar-refractivity contribution in [2.75, 3.05) is 0 Å². The highest BCUT2D eigenvalue weighted by atomic mass is 32.1. The van der Waals surface area contributed by atoms with Gasteiger partial charge in [0.15, 0.2) is 0 Å². The number of aryl methyl sites for hydroxylation is 1. The molecule has 2 nitrogen and oxygen atoms in total. The maximum atomic E-state index is 11.0. The number of carboxylic acids is 1. The lowest BCUT2D eigenvalue weighted by Gasteiger charge is -2.15. The highest BCUT2D eigenvalue weighted by Crippen LogP contribution is 2.29. The molecule has 0 aliphatic heterocycles. The first-order valence-electron chi connectivity index (χ1n) is 4.29. The molecule has 3 heteroatoms. The minimum atomic E-state index is -0.725. The third-order valence-electron chi connectivity index (χ3n) is 2.16. The minimum Gasteiger partial charge on any atom is -0.481 e. The molecule has 1 rings (SSSR count). The van der Waals surface area contributed by atoms with Gasteiger partial charge in [-0.3, -0.25) is 4.79 Å². The van der Waals surface area contributed by atoms with Crippen molar-refractivity contribution in [1.29, 1.82) is 0 Å². The van der Waals surface area contributed by atoms with Crippen molar-refractivity contribution >= 4 is 17.3 Å². The van der Waals surface area contributed by atoms with E-state index in [2.05, 4.69) is 0 Å². The number of carbonyl (C=O) groups is 1. The third kappa shape index (κ3) is 2.10. The van der Waals surface area contributed by atoms with Crippen LogP contribution < -0.4 is 0 Å². The van der Waals surface area contributed by atoms with E-state index in [0.29, 0.717) is 0 Å². The van der Waals surface area contributed by atoms with Gasteiger partial charge in [-0.25, -0.2) is 0 Å². The molecule has 1 aromatic heterocycles. The number of rotatable bonds is 3.